The maximum absolute atomic E-state index is 13.7. The quantitative estimate of drug-likeness (QED) is 0.422. The molecule has 1 aliphatic rings. The monoisotopic (exact) mass is 435 g/mol. The van der Waals surface area contributed by atoms with E-state index in [1.54, 1.807) is 12.1 Å². The number of aryl methyl sites for hydroxylation is 1. The summed E-state index contributed by atoms with van der Waals surface area (Å²) >= 11 is 0. The highest BCUT2D eigenvalue weighted by molar-refractivity contribution is 7.90. The molecule has 1 saturated heterocycles. The predicted octanol–water partition coefficient (Wildman–Crippen LogP) is 5.38. The van der Waals surface area contributed by atoms with Crippen molar-refractivity contribution < 1.29 is 17.9 Å². The molecule has 1 aromatic heterocycles. The van der Waals surface area contributed by atoms with Crippen LogP contribution < -0.4 is 0 Å². The fourth-order valence-corrected chi connectivity index (χ4v) is 5.80. The number of nitrogens with zero attached hydrogens (tertiary/aromatic N) is 1. The molecule has 0 N–H and O–H groups in total. The molecule has 1 atom stereocenters. The molecule has 2 heterocycles. The zero-order valence-corrected chi connectivity index (χ0v) is 18.3. The summed E-state index contributed by atoms with van der Waals surface area (Å²) in [6.45, 7) is 3.04. The van der Waals surface area contributed by atoms with Crippen molar-refractivity contribution in [2.24, 2.45) is 0 Å². The molecule has 0 radical (unpaired) electrons. The van der Waals surface area contributed by atoms with Crippen molar-refractivity contribution in [1.82, 2.24) is 3.97 Å². The molecule has 160 valence electrons. The number of hydrogen-bond donors (Lipinski definition) is 0. The summed E-state index contributed by atoms with van der Waals surface area (Å²) in [7, 11) is -3.77. The van der Waals surface area contributed by atoms with Gasteiger partial charge in [0, 0.05) is 17.4 Å². The van der Waals surface area contributed by atoms with E-state index in [0.29, 0.717) is 17.6 Å². The van der Waals surface area contributed by atoms with E-state index in [9.17, 15) is 8.42 Å². The van der Waals surface area contributed by atoms with Crippen LogP contribution in [-0.4, -0.2) is 25.3 Å². The van der Waals surface area contributed by atoms with E-state index in [2.05, 4.69) is 0 Å². The molecule has 6 heteroatoms. The topological polar surface area (TPSA) is 57.5 Å². The third kappa shape index (κ3) is 3.65. The first-order valence-electron chi connectivity index (χ1n) is 10.6. The van der Waals surface area contributed by atoms with Crippen LogP contribution in [0.4, 0.5) is 0 Å². The van der Waals surface area contributed by atoms with Gasteiger partial charge in [-0.25, -0.2) is 12.4 Å². The van der Waals surface area contributed by atoms with Gasteiger partial charge in [-0.3, -0.25) is 0 Å². The molecule has 1 fully saturated rings. The van der Waals surface area contributed by atoms with E-state index in [4.69, 9.17) is 9.47 Å². The number of benzene rings is 3. The van der Waals surface area contributed by atoms with Gasteiger partial charge in [-0.05, 0) is 56.0 Å². The van der Waals surface area contributed by atoms with Crippen LogP contribution in [0.2, 0.25) is 0 Å². The lowest BCUT2D eigenvalue weighted by atomic mass is 10.1. The Bertz CT molecular complexity index is 1330. The SMILES string of the molecule is Cc1ccc(S(=O)(=O)n2c3ccccc3c3c(COC4CCCCO4)cccc32)cc1. The highest BCUT2D eigenvalue weighted by Crippen LogP contribution is 2.35. The van der Waals surface area contributed by atoms with E-state index < -0.39 is 10.0 Å². The van der Waals surface area contributed by atoms with E-state index >= 15 is 0 Å². The van der Waals surface area contributed by atoms with Gasteiger partial charge in [-0.1, -0.05) is 48.0 Å². The van der Waals surface area contributed by atoms with Gasteiger partial charge in [0.2, 0.25) is 0 Å². The van der Waals surface area contributed by atoms with Crippen molar-refractivity contribution >= 4 is 31.8 Å². The van der Waals surface area contributed by atoms with Gasteiger partial charge in [-0.2, -0.15) is 0 Å². The van der Waals surface area contributed by atoms with Crippen LogP contribution in [0.15, 0.2) is 71.6 Å². The van der Waals surface area contributed by atoms with Crippen LogP contribution >= 0.6 is 0 Å². The molecule has 0 spiro atoms. The normalized spacial score (nSPS) is 17.4. The minimum Gasteiger partial charge on any atom is -0.353 e. The van der Waals surface area contributed by atoms with Crippen molar-refractivity contribution in [1.29, 1.82) is 0 Å². The summed E-state index contributed by atoms with van der Waals surface area (Å²) in [6, 6.07) is 20.4. The number of para-hydroxylation sites is 1. The summed E-state index contributed by atoms with van der Waals surface area (Å²) < 4.78 is 40.5. The lowest BCUT2D eigenvalue weighted by molar-refractivity contribution is -0.168. The van der Waals surface area contributed by atoms with Crippen LogP contribution in [-0.2, 0) is 26.1 Å². The molecule has 1 aliphatic heterocycles. The third-order valence-electron chi connectivity index (χ3n) is 5.86. The second-order valence-corrected chi connectivity index (χ2v) is 9.80. The molecular formula is C25H25NO4S. The van der Waals surface area contributed by atoms with Gasteiger partial charge in [0.15, 0.2) is 6.29 Å². The zero-order valence-electron chi connectivity index (χ0n) is 17.5. The van der Waals surface area contributed by atoms with E-state index in [1.165, 1.54) is 3.97 Å². The van der Waals surface area contributed by atoms with Crippen molar-refractivity contribution in [3.8, 4) is 0 Å². The van der Waals surface area contributed by atoms with Crippen LogP contribution in [0.1, 0.15) is 30.4 Å². The Morgan fingerprint density at radius 1 is 0.968 bits per heavy atom. The second kappa shape index (κ2) is 8.11. The molecule has 3 aromatic carbocycles. The number of aromatic nitrogens is 1. The Kier molecular flexibility index (Phi) is 5.30. The summed E-state index contributed by atoms with van der Waals surface area (Å²) in [4.78, 5) is 0.276. The number of rotatable bonds is 5. The van der Waals surface area contributed by atoms with Crippen LogP contribution in [0.3, 0.4) is 0 Å². The standard InChI is InChI=1S/C25H25NO4S/c1-18-12-14-20(15-13-18)31(27,28)26-22-9-3-2-8-21(22)25-19(7-6-10-23(25)26)17-30-24-11-4-5-16-29-24/h2-3,6-10,12-15,24H,4-5,11,16-17H2,1H3. The lowest BCUT2D eigenvalue weighted by Crippen LogP contribution is -2.22. The van der Waals surface area contributed by atoms with Gasteiger partial charge in [0.1, 0.15) is 0 Å². The number of ether oxygens (including phenoxy) is 2. The first-order valence-corrected chi connectivity index (χ1v) is 12.1. The average molecular weight is 436 g/mol. The number of fused-ring (bicyclic) bond motifs is 3. The van der Waals surface area contributed by atoms with Crippen LogP contribution in [0, 0.1) is 6.92 Å². The summed E-state index contributed by atoms with van der Waals surface area (Å²) in [5.41, 5.74) is 3.30. The molecule has 5 rings (SSSR count). The molecule has 1 unspecified atom stereocenters. The predicted molar refractivity (Wildman–Crippen MR) is 122 cm³/mol. The average Bonchev–Trinajstić information content (AvgIpc) is 3.14. The molecule has 0 amide bonds. The van der Waals surface area contributed by atoms with Gasteiger partial charge < -0.3 is 9.47 Å². The molecule has 31 heavy (non-hydrogen) atoms. The first kappa shape index (κ1) is 20.2. The maximum Gasteiger partial charge on any atom is 0.268 e. The van der Waals surface area contributed by atoms with Gasteiger partial charge >= 0.3 is 0 Å². The van der Waals surface area contributed by atoms with E-state index in [-0.39, 0.29) is 11.2 Å². The second-order valence-electron chi connectivity index (χ2n) is 8.02. The fourth-order valence-electron chi connectivity index (χ4n) is 4.28. The van der Waals surface area contributed by atoms with E-state index in [1.807, 2.05) is 61.5 Å². The summed E-state index contributed by atoms with van der Waals surface area (Å²) in [5, 5.41) is 1.81. The summed E-state index contributed by atoms with van der Waals surface area (Å²) in [6.07, 6.45) is 2.86. The van der Waals surface area contributed by atoms with Crippen molar-refractivity contribution in [2.45, 2.75) is 44.0 Å². The molecule has 0 bridgehead atoms. The number of hydrogen-bond acceptors (Lipinski definition) is 4. The molecule has 4 aromatic rings. The largest absolute Gasteiger partial charge is 0.353 e. The Balaban J connectivity index is 1.66. The smallest absolute Gasteiger partial charge is 0.268 e. The van der Waals surface area contributed by atoms with E-state index in [0.717, 1.165) is 47.8 Å². The Morgan fingerprint density at radius 2 is 1.74 bits per heavy atom. The van der Waals surface area contributed by atoms with Crippen molar-refractivity contribution in [2.75, 3.05) is 6.61 Å². The van der Waals surface area contributed by atoms with Gasteiger partial charge in [-0.15, -0.1) is 0 Å². The Morgan fingerprint density at radius 3 is 2.52 bits per heavy atom. The molecule has 0 saturated carbocycles. The van der Waals surface area contributed by atoms with Crippen molar-refractivity contribution in [3.63, 3.8) is 0 Å². The Labute approximate surface area is 182 Å². The summed E-state index contributed by atoms with van der Waals surface area (Å²) in [5.74, 6) is 0. The highest BCUT2D eigenvalue weighted by Gasteiger charge is 2.24. The van der Waals surface area contributed by atoms with Gasteiger partial charge in [0.25, 0.3) is 10.0 Å². The lowest BCUT2D eigenvalue weighted by Gasteiger charge is -2.22. The fraction of sp³-hybridized carbons (Fsp3) is 0.280. The first-order chi connectivity index (χ1) is 15.1. The highest BCUT2D eigenvalue weighted by atomic mass is 32.2. The zero-order chi connectivity index (χ0) is 21.4. The van der Waals surface area contributed by atoms with Gasteiger partial charge in [0.05, 0.1) is 22.5 Å². The molecular weight excluding hydrogens is 410 g/mol. The van der Waals surface area contributed by atoms with Crippen LogP contribution in [0.25, 0.3) is 21.8 Å². The van der Waals surface area contributed by atoms with Crippen molar-refractivity contribution in [3.05, 3.63) is 77.9 Å². The maximum atomic E-state index is 13.7. The Hall–Kier alpha value is -2.67. The minimum absolute atomic E-state index is 0.200. The van der Waals surface area contributed by atoms with Crippen LogP contribution in [0.5, 0.6) is 0 Å². The minimum atomic E-state index is -3.77. The third-order valence-corrected chi connectivity index (χ3v) is 7.60. The molecule has 0 aliphatic carbocycles. The molecule has 5 nitrogen and oxygen atoms in total.